The van der Waals surface area contributed by atoms with Crippen LogP contribution in [0.2, 0.25) is 0 Å². The highest BCUT2D eigenvalue weighted by Crippen LogP contribution is 2.15. The zero-order valence-corrected chi connectivity index (χ0v) is 9.31. The van der Waals surface area contributed by atoms with Gasteiger partial charge in [0.25, 0.3) is 0 Å². The van der Waals surface area contributed by atoms with Crippen LogP contribution in [-0.2, 0) is 6.54 Å². The van der Waals surface area contributed by atoms with Gasteiger partial charge in [-0.1, -0.05) is 5.16 Å². The number of likely N-dealkylation sites (tertiary alicyclic amines) is 1. The largest absolute Gasteiger partial charge is 0.343 e. The predicted molar refractivity (Wildman–Crippen MR) is 56.3 cm³/mol. The van der Waals surface area contributed by atoms with Crippen LogP contribution in [0.1, 0.15) is 25.6 Å². The summed E-state index contributed by atoms with van der Waals surface area (Å²) < 4.78 is 4.68. The molecule has 0 aliphatic carbocycles. The average Bonchev–Trinajstić information content (AvgIpc) is 2.73. The first kappa shape index (κ1) is 10.6. The van der Waals surface area contributed by atoms with Crippen LogP contribution in [0.3, 0.4) is 0 Å². The Balaban J connectivity index is 1.76. The van der Waals surface area contributed by atoms with E-state index in [9.17, 15) is 0 Å². The van der Waals surface area contributed by atoms with E-state index < -0.39 is 0 Å². The minimum atomic E-state index is 0.578. The van der Waals surface area contributed by atoms with Gasteiger partial charge in [-0.3, -0.25) is 0 Å². The van der Waals surface area contributed by atoms with Crippen molar-refractivity contribution in [3.05, 3.63) is 12.2 Å². The van der Waals surface area contributed by atoms with E-state index in [1.807, 2.05) is 0 Å². The molecule has 0 spiro atoms. The highest BCUT2D eigenvalue weighted by atomic mass is 16.5. The molecule has 1 aliphatic heterocycles. The molecule has 1 aromatic heterocycles. The summed E-state index contributed by atoms with van der Waals surface area (Å²) in [6.45, 7) is 4.13. The molecule has 1 fully saturated rings. The molecule has 2 rings (SSSR count). The molecule has 0 aromatic carbocycles. The van der Waals surface area contributed by atoms with Crippen molar-refractivity contribution in [2.24, 2.45) is 0 Å². The Labute approximate surface area is 89.8 Å². The Hall–Kier alpha value is -0.940. The van der Waals surface area contributed by atoms with E-state index in [0.29, 0.717) is 18.6 Å². The van der Waals surface area contributed by atoms with E-state index in [-0.39, 0.29) is 0 Å². The maximum Gasteiger partial charge on any atom is 0.213 e. The zero-order valence-electron chi connectivity index (χ0n) is 9.31. The van der Waals surface area contributed by atoms with E-state index >= 15 is 0 Å². The third-order valence-corrected chi connectivity index (χ3v) is 3.16. The summed E-state index contributed by atoms with van der Waals surface area (Å²) in [6.07, 6.45) is 3.75. The number of rotatable bonds is 3. The van der Waals surface area contributed by atoms with Crippen molar-refractivity contribution in [2.45, 2.75) is 38.4 Å². The summed E-state index contributed by atoms with van der Waals surface area (Å²) in [4.78, 5) is 6.38. The summed E-state index contributed by atoms with van der Waals surface area (Å²) >= 11 is 0. The molecule has 84 valence electrons. The van der Waals surface area contributed by atoms with Crippen molar-refractivity contribution in [3.63, 3.8) is 0 Å². The number of hydrogen-bond donors (Lipinski definition) is 1. The minimum absolute atomic E-state index is 0.578. The van der Waals surface area contributed by atoms with E-state index in [1.54, 1.807) is 0 Å². The topological polar surface area (TPSA) is 54.2 Å². The molecule has 2 unspecified atom stereocenters. The first-order valence-electron chi connectivity index (χ1n) is 5.44. The predicted octanol–water partition coefficient (Wildman–Crippen LogP) is 0.642. The average molecular weight is 210 g/mol. The zero-order chi connectivity index (χ0) is 10.7. The second-order valence-corrected chi connectivity index (χ2v) is 4.28. The first-order valence-corrected chi connectivity index (χ1v) is 5.44. The first-order chi connectivity index (χ1) is 7.25. The van der Waals surface area contributed by atoms with Crippen LogP contribution >= 0.6 is 0 Å². The third-order valence-electron chi connectivity index (χ3n) is 3.16. The van der Waals surface area contributed by atoms with Gasteiger partial charge in [0.15, 0.2) is 5.82 Å². The van der Waals surface area contributed by atoms with Crippen LogP contribution in [0.5, 0.6) is 0 Å². The number of nitrogens with one attached hydrogen (secondary N) is 1. The maximum atomic E-state index is 4.68. The normalized spacial score (nSPS) is 28.1. The summed E-state index contributed by atoms with van der Waals surface area (Å²) in [5.41, 5.74) is 0. The molecule has 1 aliphatic rings. The molecule has 2 atom stereocenters. The molecule has 1 N–H and O–H groups in total. The van der Waals surface area contributed by atoms with Crippen molar-refractivity contribution in [1.82, 2.24) is 20.4 Å². The smallest absolute Gasteiger partial charge is 0.213 e. The number of hydrogen-bond acceptors (Lipinski definition) is 5. The fraction of sp³-hybridized carbons (Fsp3) is 0.800. The Morgan fingerprint density at radius 1 is 1.67 bits per heavy atom. The monoisotopic (exact) mass is 210 g/mol. The van der Waals surface area contributed by atoms with E-state index in [2.05, 4.69) is 38.9 Å². The SMILES string of the molecule is CC1CC(NCc2ncon2)CCN1C. The Kier molecular flexibility index (Phi) is 3.33. The lowest BCUT2D eigenvalue weighted by atomic mass is 9.99. The second kappa shape index (κ2) is 4.72. The summed E-state index contributed by atoms with van der Waals surface area (Å²) in [5.74, 6) is 0.738. The van der Waals surface area contributed by atoms with E-state index in [4.69, 9.17) is 0 Å². The van der Waals surface area contributed by atoms with Gasteiger partial charge in [0.1, 0.15) is 0 Å². The summed E-state index contributed by atoms with van der Waals surface area (Å²) in [7, 11) is 2.18. The van der Waals surface area contributed by atoms with Crippen LogP contribution in [0.25, 0.3) is 0 Å². The lowest BCUT2D eigenvalue weighted by Crippen LogP contribution is -2.45. The number of nitrogens with zero attached hydrogens (tertiary/aromatic N) is 3. The van der Waals surface area contributed by atoms with Gasteiger partial charge >= 0.3 is 0 Å². The van der Waals surface area contributed by atoms with Gasteiger partial charge in [-0.15, -0.1) is 0 Å². The minimum Gasteiger partial charge on any atom is -0.343 e. The van der Waals surface area contributed by atoms with Crippen molar-refractivity contribution < 1.29 is 4.52 Å². The van der Waals surface area contributed by atoms with Crippen molar-refractivity contribution in [2.75, 3.05) is 13.6 Å². The molecule has 0 amide bonds. The molecule has 5 heteroatoms. The van der Waals surface area contributed by atoms with E-state index in [1.165, 1.54) is 19.2 Å². The highest BCUT2D eigenvalue weighted by Gasteiger charge is 2.22. The van der Waals surface area contributed by atoms with Crippen LogP contribution in [0, 0.1) is 0 Å². The quantitative estimate of drug-likeness (QED) is 0.793. The molecule has 0 bridgehead atoms. The Morgan fingerprint density at radius 3 is 3.20 bits per heavy atom. The van der Waals surface area contributed by atoms with Gasteiger partial charge in [0.05, 0.1) is 6.54 Å². The van der Waals surface area contributed by atoms with Gasteiger partial charge < -0.3 is 14.7 Å². The summed E-state index contributed by atoms with van der Waals surface area (Å²) in [6, 6.07) is 1.23. The molecular formula is C10H18N4O. The second-order valence-electron chi connectivity index (χ2n) is 4.28. The van der Waals surface area contributed by atoms with Crippen LogP contribution in [0.15, 0.2) is 10.9 Å². The lowest BCUT2D eigenvalue weighted by molar-refractivity contribution is 0.167. The van der Waals surface area contributed by atoms with Crippen LogP contribution in [-0.4, -0.2) is 40.7 Å². The molecule has 0 radical (unpaired) electrons. The van der Waals surface area contributed by atoms with Gasteiger partial charge in [-0.05, 0) is 33.4 Å². The van der Waals surface area contributed by atoms with Crippen LogP contribution < -0.4 is 5.32 Å². The Morgan fingerprint density at radius 2 is 2.53 bits per heavy atom. The van der Waals surface area contributed by atoms with Gasteiger partial charge in [-0.25, -0.2) is 0 Å². The molecule has 2 heterocycles. The van der Waals surface area contributed by atoms with E-state index in [0.717, 1.165) is 12.4 Å². The van der Waals surface area contributed by atoms with Crippen molar-refractivity contribution >= 4 is 0 Å². The molecule has 15 heavy (non-hydrogen) atoms. The molecule has 1 aromatic rings. The van der Waals surface area contributed by atoms with Crippen LogP contribution in [0.4, 0.5) is 0 Å². The molecule has 5 nitrogen and oxygen atoms in total. The fourth-order valence-electron chi connectivity index (χ4n) is 1.98. The standard InChI is InChI=1S/C10H18N4O/c1-8-5-9(3-4-14(8)2)11-6-10-12-7-15-13-10/h7-9,11H,3-6H2,1-2H3. The molecular weight excluding hydrogens is 192 g/mol. The summed E-state index contributed by atoms with van der Waals surface area (Å²) in [5, 5.41) is 7.24. The molecule has 0 saturated carbocycles. The highest BCUT2D eigenvalue weighted by molar-refractivity contribution is 4.84. The van der Waals surface area contributed by atoms with Crippen molar-refractivity contribution in [1.29, 1.82) is 0 Å². The molecule has 1 saturated heterocycles. The lowest BCUT2D eigenvalue weighted by Gasteiger charge is -2.35. The fourth-order valence-corrected chi connectivity index (χ4v) is 1.98. The van der Waals surface area contributed by atoms with Crippen molar-refractivity contribution in [3.8, 4) is 0 Å². The van der Waals surface area contributed by atoms with Gasteiger partial charge in [0.2, 0.25) is 6.39 Å². The van der Waals surface area contributed by atoms with Gasteiger partial charge in [-0.2, -0.15) is 4.98 Å². The third kappa shape index (κ3) is 2.76. The Bertz CT molecular complexity index is 288. The number of piperidine rings is 1. The maximum absolute atomic E-state index is 4.68. The van der Waals surface area contributed by atoms with Gasteiger partial charge in [0, 0.05) is 12.1 Å². The number of aromatic nitrogens is 2.